The van der Waals surface area contributed by atoms with Gasteiger partial charge in [-0.15, -0.1) is 0 Å². The molecule has 0 fully saturated rings. The number of aromatic amines is 1. The van der Waals surface area contributed by atoms with Crippen LogP contribution < -0.4 is 4.90 Å². The minimum atomic E-state index is -4.88. The molecule has 2 aromatic rings. The second kappa shape index (κ2) is 7.10. The maximum atomic E-state index is 13.6. The van der Waals surface area contributed by atoms with Gasteiger partial charge in [-0.25, -0.2) is 9.59 Å². The summed E-state index contributed by atoms with van der Waals surface area (Å²) >= 11 is 0. The molecule has 1 aliphatic heterocycles. The number of phenolic OH excluding ortho intramolecular Hbond substituents is 1. The van der Waals surface area contributed by atoms with Gasteiger partial charge in [0.15, 0.2) is 0 Å². The average molecular weight is 428 g/mol. The molecule has 10 heteroatoms. The number of ether oxygens (including phenoxy) is 2. The highest BCUT2D eigenvalue weighted by atomic mass is 19.4. The highest BCUT2D eigenvalue weighted by Gasteiger charge is 2.43. The van der Waals surface area contributed by atoms with Crippen LogP contribution in [0.5, 0.6) is 5.75 Å². The van der Waals surface area contributed by atoms with Gasteiger partial charge < -0.3 is 19.6 Å². The third-order valence-corrected chi connectivity index (χ3v) is 4.96. The van der Waals surface area contributed by atoms with Crippen molar-refractivity contribution in [3.63, 3.8) is 0 Å². The van der Waals surface area contributed by atoms with Crippen LogP contribution in [0.2, 0.25) is 0 Å². The summed E-state index contributed by atoms with van der Waals surface area (Å²) in [6.45, 7) is 7.04. The minimum Gasteiger partial charge on any atom is -0.506 e. The van der Waals surface area contributed by atoms with Gasteiger partial charge in [0.2, 0.25) is 0 Å². The highest BCUT2D eigenvalue weighted by molar-refractivity contribution is 6.12. The number of H-pyrrole nitrogens is 1. The number of hydrogen-bond acceptors (Lipinski definition) is 5. The van der Waals surface area contributed by atoms with E-state index in [0.29, 0.717) is 12.0 Å². The molecule has 0 aliphatic carbocycles. The molecule has 0 unspecified atom stereocenters. The van der Waals surface area contributed by atoms with E-state index in [-0.39, 0.29) is 29.1 Å². The number of nitrogens with zero attached hydrogens (tertiary/aromatic N) is 1. The van der Waals surface area contributed by atoms with Crippen molar-refractivity contribution in [2.75, 3.05) is 18.6 Å². The largest absolute Gasteiger partial charge is 0.506 e. The lowest BCUT2D eigenvalue weighted by Gasteiger charge is -2.25. The first-order valence-electron chi connectivity index (χ1n) is 9.37. The van der Waals surface area contributed by atoms with E-state index < -0.39 is 40.8 Å². The fourth-order valence-corrected chi connectivity index (χ4v) is 3.76. The predicted molar refractivity (Wildman–Crippen MR) is 103 cm³/mol. The van der Waals surface area contributed by atoms with Crippen molar-refractivity contribution in [2.24, 2.45) is 0 Å². The summed E-state index contributed by atoms with van der Waals surface area (Å²) in [6, 6.07) is 1.22. The number of nitrogens with one attached hydrogen (secondary N) is 1. The highest BCUT2D eigenvalue weighted by Crippen LogP contribution is 2.49. The van der Waals surface area contributed by atoms with Crippen LogP contribution in [0.25, 0.3) is 10.9 Å². The number of anilines is 1. The first-order valence-corrected chi connectivity index (χ1v) is 9.37. The van der Waals surface area contributed by atoms with Gasteiger partial charge in [-0.05, 0) is 32.8 Å². The zero-order chi connectivity index (χ0) is 22.6. The number of fused-ring (bicyclic) bond motifs is 3. The zero-order valence-electron chi connectivity index (χ0n) is 17.2. The Labute approximate surface area is 170 Å². The lowest BCUT2D eigenvalue weighted by molar-refractivity contribution is -0.141. The average Bonchev–Trinajstić information content (AvgIpc) is 3.18. The van der Waals surface area contributed by atoms with Gasteiger partial charge in [0, 0.05) is 23.9 Å². The van der Waals surface area contributed by atoms with Crippen molar-refractivity contribution in [1.29, 1.82) is 0 Å². The normalized spacial score (nSPS) is 16.7. The van der Waals surface area contributed by atoms with E-state index in [9.17, 15) is 27.9 Å². The third kappa shape index (κ3) is 3.54. The van der Waals surface area contributed by atoms with Crippen LogP contribution in [0.1, 0.15) is 61.6 Å². The van der Waals surface area contributed by atoms with E-state index in [1.165, 1.54) is 11.0 Å². The second-order valence-corrected chi connectivity index (χ2v) is 8.14. The number of esters is 1. The Morgan fingerprint density at radius 3 is 2.43 bits per heavy atom. The van der Waals surface area contributed by atoms with Crippen molar-refractivity contribution in [3.05, 3.63) is 22.9 Å². The number of halogens is 3. The molecule has 1 atom stereocenters. The fourth-order valence-electron chi connectivity index (χ4n) is 3.76. The van der Waals surface area contributed by atoms with E-state index in [0.717, 1.165) is 7.11 Å². The first-order chi connectivity index (χ1) is 13.8. The van der Waals surface area contributed by atoms with Gasteiger partial charge in [0.25, 0.3) is 0 Å². The number of aromatic nitrogens is 1. The van der Waals surface area contributed by atoms with Gasteiger partial charge in [-0.3, -0.25) is 4.90 Å². The lowest BCUT2D eigenvalue weighted by atomic mass is 9.92. The number of benzene rings is 1. The van der Waals surface area contributed by atoms with Crippen LogP contribution in [0, 0.1) is 0 Å². The van der Waals surface area contributed by atoms with E-state index in [1.807, 2.05) is 6.92 Å². The summed E-state index contributed by atoms with van der Waals surface area (Å²) in [7, 11) is 0.981. The molecule has 164 valence electrons. The van der Waals surface area contributed by atoms with Gasteiger partial charge in [0.05, 0.1) is 23.9 Å². The summed E-state index contributed by atoms with van der Waals surface area (Å²) < 4.78 is 50.9. The Morgan fingerprint density at radius 2 is 1.93 bits per heavy atom. The molecule has 1 aromatic heterocycles. The van der Waals surface area contributed by atoms with Gasteiger partial charge in [0.1, 0.15) is 17.0 Å². The van der Waals surface area contributed by atoms with Gasteiger partial charge in [-0.2, -0.15) is 13.2 Å². The molecule has 0 spiro atoms. The maximum Gasteiger partial charge on any atom is 0.432 e. The Hall–Kier alpha value is -2.91. The number of carbonyl (C=O) groups is 2. The van der Waals surface area contributed by atoms with Crippen molar-refractivity contribution in [2.45, 2.75) is 51.8 Å². The predicted octanol–water partition coefficient (Wildman–Crippen LogP) is 4.93. The van der Waals surface area contributed by atoms with Crippen molar-refractivity contribution in [1.82, 2.24) is 4.98 Å². The van der Waals surface area contributed by atoms with Crippen molar-refractivity contribution >= 4 is 28.7 Å². The van der Waals surface area contributed by atoms with Gasteiger partial charge in [-0.1, -0.05) is 6.92 Å². The van der Waals surface area contributed by atoms with Crippen LogP contribution in [0.3, 0.4) is 0 Å². The topological polar surface area (TPSA) is 91.9 Å². The second-order valence-electron chi connectivity index (χ2n) is 8.14. The molecule has 1 aromatic carbocycles. The van der Waals surface area contributed by atoms with E-state index in [4.69, 9.17) is 4.74 Å². The van der Waals surface area contributed by atoms with Crippen LogP contribution in [0.15, 0.2) is 6.07 Å². The van der Waals surface area contributed by atoms with Crippen LogP contribution >= 0.6 is 0 Å². The maximum absolute atomic E-state index is 13.6. The molecule has 2 N–H and O–H groups in total. The molecule has 7 nitrogen and oxygen atoms in total. The summed E-state index contributed by atoms with van der Waals surface area (Å²) in [5.74, 6) is -2.07. The minimum absolute atomic E-state index is 0.0953. The summed E-state index contributed by atoms with van der Waals surface area (Å²) in [5, 5.41) is 10.4. The number of hydrogen-bond donors (Lipinski definition) is 2. The number of phenols is 1. The van der Waals surface area contributed by atoms with Crippen molar-refractivity contribution < 1.29 is 37.3 Å². The Balaban J connectivity index is 2.34. The molecule has 0 saturated heterocycles. The standard InChI is InChI=1S/C20H23F3N2O5/c1-6-9-8-25(18(28)30-19(2,3)4)10-7-11(26)15-13(12(9)10)14(17(27)29-5)16(24-15)20(21,22)23/h7,9,24,26H,6,8H2,1-5H3/t9-/m1/s1. The summed E-state index contributed by atoms with van der Waals surface area (Å²) in [4.78, 5) is 28.5. The Bertz CT molecular complexity index is 1020. The molecule has 30 heavy (non-hydrogen) atoms. The molecule has 3 rings (SSSR count). The zero-order valence-corrected chi connectivity index (χ0v) is 17.2. The third-order valence-electron chi connectivity index (χ3n) is 4.96. The summed E-state index contributed by atoms with van der Waals surface area (Å²) in [5.41, 5.74) is -2.47. The number of aromatic hydroxyl groups is 1. The molecule has 1 amide bonds. The molecule has 0 saturated carbocycles. The summed E-state index contributed by atoms with van der Waals surface area (Å²) in [6.07, 6.45) is -5.09. The van der Waals surface area contributed by atoms with Crippen molar-refractivity contribution in [3.8, 4) is 5.75 Å². The Morgan fingerprint density at radius 1 is 1.30 bits per heavy atom. The lowest BCUT2D eigenvalue weighted by Crippen LogP contribution is -2.36. The molecule has 1 aliphatic rings. The number of amides is 1. The van der Waals surface area contributed by atoms with Crippen LogP contribution in [-0.2, 0) is 15.7 Å². The molecule has 2 heterocycles. The quantitative estimate of drug-likeness (QED) is 0.662. The SMILES string of the molecule is CC[C@@H]1CN(C(=O)OC(C)(C)C)c2cc(O)c3[nH]c(C(F)(F)F)c(C(=O)OC)c3c21. The molecule has 0 radical (unpaired) electrons. The molecule has 0 bridgehead atoms. The van der Waals surface area contributed by atoms with Gasteiger partial charge >= 0.3 is 18.2 Å². The van der Waals surface area contributed by atoms with E-state index in [2.05, 4.69) is 9.72 Å². The molecular weight excluding hydrogens is 405 g/mol. The number of alkyl halides is 3. The van der Waals surface area contributed by atoms with E-state index in [1.54, 1.807) is 20.8 Å². The van der Waals surface area contributed by atoms with E-state index >= 15 is 0 Å². The number of carbonyl (C=O) groups excluding carboxylic acids is 2. The molecular formula is C20H23F3N2O5. The fraction of sp³-hybridized carbons (Fsp3) is 0.500. The number of rotatable bonds is 2. The Kier molecular flexibility index (Phi) is 5.16. The van der Waals surface area contributed by atoms with Crippen LogP contribution in [-0.4, -0.2) is 41.4 Å². The monoisotopic (exact) mass is 428 g/mol. The number of methoxy groups -OCH3 is 1. The first kappa shape index (κ1) is 21.8. The smallest absolute Gasteiger partial charge is 0.432 e. The van der Waals surface area contributed by atoms with Crippen LogP contribution in [0.4, 0.5) is 23.7 Å².